The van der Waals surface area contributed by atoms with E-state index in [2.05, 4.69) is 25.4 Å². The number of rotatable bonds is 4. The van der Waals surface area contributed by atoms with Crippen molar-refractivity contribution in [3.8, 4) is 0 Å². The molecule has 1 rings (SSSR count). The molecular formula is C13H19N7S2. The van der Waals surface area contributed by atoms with Crippen LogP contribution >= 0.6 is 23.5 Å². The van der Waals surface area contributed by atoms with E-state index >= 15 is 0 Å². The molecule has 0 spiro atoms. The fraction of sp³-hybridized carbons (Fsp3) is 0.308. The van der Waals surface area contributed by atoms with Gasteiger partial charge >= 0.3 is 0 Å². The maximum Gasteiger partial charge on any atom is 0.180 e. The van der Waals surface area contributed by atoms with Crippen LogP contribution in [-0.4, -0.2) is 39.3 Å². The van der Waals surface area contributed by atoms with Crippen LogP contribution in [0.2, 0.25) is 0 Å². The van der Waals surface area contributed by atoms with Crippen LogP contribution in [0.15, 0.2) is 38.6 Å². The molecule has 0 amide bonds. The van der Waals surface area contributed by atoms with Gasteiger partial charge in [0.15, 0.2) is 10.3 Å². The van der Waals surface area contributed by atoms with Crippen molar-refractivity contribution in [2.45, 2.75) is 13.8 Å². The maximum atomic E-state index is 5.60. The lowest BCUT2D eigenvalue weighted by Crippen LogP contribution is -2.08. The highest BCUT2D eigenvalue weighted by Gasteiger charge is 2.04. The molecule has 0 aliphatic carbocycles. The predicted octanol–water partition coefficient (Wildman–Crippen LogP) is 1.89. The van der Waals surface area contributed by atoms with Gasteiger partial charge in [0.25, 0.3) is 0 Å². The zero-order valence-corrected chi connectivity index (χ0v) is 14.6. The van der Waals surface area contributed by atoms with Gasteiger partial charge in [0.2, 0.25) is 0 Å². The monoisotopic (exact) mass is 337 g/mol. The third-order valence-electron chi connectivity index (χ3n) is 2.51. The van der Waals surface area contributed by atoms with E-state index in [0.717, 1.165) is 0 Å². The molecule has 9 heteroatoms. The number of hydrogen-bond donors (Lipinski definition) is 2. The Morgan fingerprint density at radius 2 is 1.27 bits per heavy atom. The molecule has 0 atom stereocenters. The molecule has 0 aromatic carbocycles. The standard InChI is InChI=1S/C13H19N7S2/c1-8(17-19-12(14)21-3)10-6-5-7-11(16-10)9(2)18-20-13(15)22-4/h5-7H,1-4H3,(H2,14,19)(H2,15,20)/b17-8-,18-9+. The Morgan fingerprint density at radius 3 is 1.64 bits per heavy atom. The normalized spacial score (nSPS) is 14.4. The molecule has 118 valence electrons. The van der Waals surface area contributed by atoms with Crippen molar-refractivity contribution >= 4 is 45.3 Å². The molecule has 0 unspecified atom stereocenters. The Labute approximate surface area is 138 Å². The van der Waals surface area contributed by atoms with E-state index in [4.69, 9.17) is 11.5 Å². The number of hydrogen-bond acceptors (Lipinski definition) is 7. The topological polar surface area (TPSA) is 114 Å². The van der Waals surface area contributed by atoms with Gasteiger partial charge in [-0.05, 0) is 38.5 Å². The summed E-state index contributed by atoms with van der Waals surface area (Å²) in [7, 11) is 0. The van der Waals surface area contributed by atoms with Gasteiger partial charge in [0, 0.05) is 0 Å². The summed E-state index contributed by atoms with van der Waals surface area (Å²) in [6, 6.07) is 5.57. The van der Waals surface area contributed by atoms with Crippen LogP contribution in [-0.2, 0) is 0 Å². The summed E-state index contributed by atoms with van der Waals surface area (Å²) < 4.78 is 0. The van der Waals surface area contributed by atoms with Crippen LogP contribution in [0.25, 0.3) is 0 Å². The summed E-state index contributed by atoms with van der Waals surface area (Å²) in [4.78, 5) is 4.48. The van der Waals surface area contributed by atoms with E-state index in [-0.39, 0.29) is 0 Å². The molecule has 1 aromatic heterocycles. The molecule has 1 heterocycles. The van der Waals surface area contributed by atoms with Crippen LogP contribution in [0, 0.1) is 0 Å². The van der Waals surface area contributed by atoms with Gasteiger partial charge in [-0.3, -0.25) is 0 Å². The van der Waals surface area contributed by atoms with Crippen LogP contribution in [0.5, 0.6) is 0 Å². The summed E-state index contributed by atoms with van der Waals surface area (Å²) >= 11 is 2.67. The van der Waals surface area contributed by atoms with E-state index in [1.165, 1.54) is 23.5 Å². The van der Waals surface area contributed by atoms with E-state index in [0.29, 0.717) is 33.1 Å². The van der Waals surface area contributed by atoms with Crippen molar-refractivity contribution in [2.75, 3.05) is 12.5 Å². The first-order valence-corrected chi connectivity index (χ1v) is 8.74. The molecule has 0 aliphatic heterocycles. The highest BCUT2D eigenvalue weighted by atomic mass is 32.2. The van der Waals surface area contributed by atoms with Crippen molar-refractivity contribution < 1.29 is 0 Å². The SMILES string of the molecule is CS/C(N)=N\N=C(\C)c1cccc(/C(C)=N/N=C(\N)SC)n1. The highest BCUT2D eigenvalue weighted by Crippen LogP contribution is 2.05. The highest BCUT2D eigenvalue weighted by molar-refractivity contribution is 8.13. The average Bonchev–Trinajstić information content (AvgIpc) is 2.56. The number of amidine groups is 2. The van der Waals surface area contributed by atoms with E-state index < -0.39 is 0 Å². The predicted molar refractivity (Wildman–Crippen MR) is 98.9 cm³/mol. The molecule has 7 nitrogen and oxygen atoms in total. The average molecular weight is 337 g/mol. The Bertz CT molecular complexity index is 584. The lowest BCUT2D eigenvalue weighted by atomic mass is 10.2. The minimum atomic E-state index is 0.398. The minimum Gasteiger partial charge on any atom is -0.377 e. The lowest BCUT2D eigenvalue weighted by molar-refractivity contribution is 1.17. The molecule has 0 aliphatic rings. The molecule has 0 saturated carbocycles. The Morgan fingerprint density at radius 1 is 0.864 bits per heavy atom. The summed E-state index contributed by atoms with van der Waals surface area (Å²) in [6.07, 6.45) is 3.67. The number of pyridine rings is 1. The lowest BCUT2D eigenvalue weighted by Gasteiger charge is -2.02. The van der Waals surface area contributed by atoms with Gasteiger partial charge in [0.05, 0.1) is 22.8 Å². The second kappa shape index (κ2) is 9.21. The number of thioether (sulfide) groups is 2. The Balaban J connectivity index is 3.04. The van der Waals surface area contributed by atoms with Crippen molar-refractivity contribution in [2.24, 2.45) is 31.9 Å². The van der Waals surface area contributed by atoms with E-state index in [9.17, 15) is 0 Å². The van der Waals surface area contributed by atoms with Crippen LogP contribution in [0.3, 0.4) is 0 Å². The first-order valence-electron chi connectivity index (χ1n) is 6.29. The molecule has 4 N–H and O–H groups in total. The van der Waals surface area contributed by atoms with Gasteiger partial charge in [-0.1, -0.05) is 29.6 Å². The van der Waals surface area contributed by atoms with Gasteiger partial charge in [-0.25, -0.2) is 4.98 Å². The largest absolute Gasteiger partial charge is 0.377 e. The van der Waals surface area contributed by atoms with Gasteiger partial charge < -0.3 is 11.5 Å². The van der Waals surface area contributed by atoms with Crippen molar-refractivity contribution in [1.29, 1.82) is 0 Å². The molecule has 0 saturated heterocycles. The third-order valence-corrected chi connectivity index (χ3v) is 3.51. The molecule has 0 radical (unpaired) electrons. The third kappa shape index (κ3) is 5.86. The fourth-order valence-corrected chi connectivity index (χ4v) is 1.52. The summed E-state index contributed by atoms with van der Waals surface area (Å²) in [5, 5.41) is 16.7. The zero-order chi connectivity index (χ0) is 16.5. The zero-order valence-electron chi connectivity index (χ0n) is 12.9. The molecular weight excluding hydrogens is 318 g/mol. The summed E-state index contributed by atoms with van der Waals surface area (Å²) in [6.45, 7) is 3.64. The van der Waals surface area contributed by atoms with E-state index in [1.54, 1.807) is 0 Å². The Hall–Kier alpha value is -1.87. The van der Waals surface area contributed by atoms with Gasteiger partial charge in [0.1, 0.15) is 0 Å². The molecule has 0 fully saturated rings. The second-order valence-electron chi connectivity index (χ2n) is 4.06. The van der Waals surface area contributed by atoms with Crippen molar-refractivity contribution in [3.63, 3.8) is 0 Å². The van der Waals surface area contributed by atoms with Crippen molar-refractivity contribution in [1.82, 2.24) is 4.98 Å². The van der Waals surface area contributed by atoms with E-state index in [1.807, 2.05) is 44.6 Å². The number of nitrogens with two attached hydrogens (primary N) is 2. The minimum absolute atomic E-state index is 0.398. The summed E-state index contributed by atoms with van der Waals surface area (Å²) in [5.41, 5.74) is 13.9. The van der Waals surface area contributed by atoms with Crippen LogP contribution < -0.4 is 11.5 Å². The smallest absolute Gasteiger partial charge is 0.180 e. The maximum absolute atomic E-state index is 5.60. The fourth-order valence-electron chi connectivity index (χ4n) is 1.27. The first-order chi connectivity index (χ1) is 10.5. The van der Waals surface area contributed by atoms with Crippen molar-refractivity contribution in [3.05, 3.63) is 29.6 Å². The first kappa shape index (κ1) is 18.2. The summed E-state index contributed by atoms with van der Waals surface area (Å²) in [5.74, 6) is 0. The molecule has 22 heavy (non-hydrogen) atoms. The second-order valence-corrected chi connectivity index (χ2v) is 5.72. The van der Waals surface area contributed by atoms with Gasteiger partial charge in [-0.15, -0.1) is 10.2 Å². The quantitative estimate of drug-likeness (QED) is 0.494. The Kier molecular flexibility index (Phi) is 7.61. The van der Waals surface area contributed by atoms with Gasteiger partial charge in [-0.2, -0.15) is 10.2 Å². The number of aromatic nitrogens is 1. The van der Waals surface area contributed by atoms with Crippen LogP contribution in [0.1, 0.15) is 25.2 Å². The van der Waals surface area contributed by atoms with Crippen LogP contribution in [0.4, 0.5) is 0 Å². The molecule has 0 bridgehead atoms. The molecule has 1 aromatic rings. The number of nitrogens with zero attached hydrogens (tertiary/aromatic N) is 5.